The number of carbonyl (C=O) groups is 1. The third-order valence-corrected chi connectivity index (χ3v) is 5.55. The first-order valence-corrected chi connectivity index (χ1v) is 10.3. The third kappa shape index (κ3) is 4.15. The fourth-order valence-corrected chi connectivity index (χ4v) is 3.90. The highest BCUT2D eigenvalue weighted by Gasteiger charge is 2.31. The minimum Gasteiger partial charge on any atom is -0.490 e. The van der Waals surface area contributed by atoms with Crippen molar-refractivity contribution in [1.29, 1.82) is 5.26 Å². The number of allylic oxidation sites excluding steroid dienone is 1. The molecule has 0 fully saturated rings. The number of nitrogens with two attached hydrogens (primary N) is 1. The number of benzene rings is 2. The molecule has 2 heterocycles. The highest BCUT2D eigenvalue weighted by molar-refractivity contribution is 7.12. The van der Waals surface area contributed by atoms with Crippen molar-refractivity contribution < 1.29 is 19.0 Å². The Labute approximate surface area is 183 Å². The number of esters is 1. The van der Waals surface area contributed by atoms with E-state index in [-0.39, 0.29) is 5.88 Å². The van der Waals surface area contributed by atoms with Gasteiger partial charge >= 0.3 is 5.97 Å². The zero-order chi connectivity index (χ0) is 21.8. The van der Waals surface area contributed by atoms with Crippen molar-refractivity contribution in [1.82, 2.24) is 0 Å². The molecule has 0 spiro atoms. The van der Waals surface area contributed by atoms with Gasteiger partial charge in [-0.25, -0.2) is 4.79 Å². The van der Waals surface area contributed by atoms with Gasteiger partial charge in [-0.3, -0.25) is 0 Å². The molecule has 0 saturated carbocycles. The van der Waals surface area contributed by atoms with Crippen molar-refractivity contribution in [3.63, 3.8) is 0 Å². The number of hydrogen-bond donors (Lipinski definition) is 1. The van der Waals surface area contributed by atoms with Crippen LogP contribution in [0.15, 0.2) is 84.1 Å². The average molecular weight is 430 g/mol. The van der Waals surface area contributed by atoms with Crippen LogP contribution in [0.1, 0.15) is 26.7 Å². The van der Waals surface area contributed by atoms with Gasteiger partial charge in [0.1, 0.15) is 40.4 Å². The Morgan fingerprint density at radius 1 is 1.23 bits per heavy atom. The molecule has 2 aromatic carbocycles. The van der Waals surface area contributed by atoms with Crippen LogP contribution in [-0.2, 0) is 0 Å². The Morgan fingerprint density at radius 2 is 2.00 bits per heavy atom. The van der Waals surface area contributed by atoms with E-state index in [0.717, 1.165) is 11.1 Å². The lowest BCUT2D eigenvalue weighted by Crippen LogP contribution is -2.21. The summed E-state index contributed by atoms with van der Waals surface area (Å²) in [5.74, 6) is 0.626. The second kappa shape index (κ2) is 8.78. The SMILES string of the molecule is C=CCOc1ccc(C2C(C#N)=C(N)Oc3cc(OC(=O)c4cccs4)ccc32)cc1. The maximum atomic E-state index is 12.3. The maximum absolute atomic E-state index is 12.3. The summed E-state index contributed by atoms with van der Waals surface area (Å²) in [4.78, 5) is 12.8. The predicted molar refractivity (Wildman–Crippen MR) is 117 cm³/mol. The van der Waals surface area contributed by atoms with Gasteiger partial charge in [0.25, 0.3) is 0 Å². The van der Waals surface area contributed by atoms with Crippen molar-refractivity contribution in [3.8, 4) is 23.3 Å². The van der Waals surface area contributed by atoms with Crippen LogP contribution in [0.25, 0.3) is 0 Å². The monoisotopic (exact) mass is 430 g/mol. The molecule has 2 N–H and O–H groups in total. The molecule has 0 saturated heterocycles. The number of fused-ring (bicyclic) bond motifs is 1. The molecule has 1 aromatic heterocycles. The molecule has 0 aliphatic carbocycles. The third-order valence-electron chi connectivity index (χ3n) is 4.70. The van der Waals surface area contributed by atoms with Gasteiger partial charge in [0.15, 0.2) is 0 Å². The molecule has 154 valence electrons. The molecular weight excluding hydrogens is 412 g/mol. The number of nitriles is 1. The molecular formula is C24H18N2O4S. The number of thiophene rings is 1. The van der Waals surface area contributed by atoms with E-state index in [1.54, 1.807) is 41.8 Å². The smallest absolute Gasteiger partial charge is 0.353 e. The van der Waals surface area contributed by atoms with Gasteiger partial charge in [-0.05, 0) is 35.2 Å². The molecule has 4 rings (SSSR count). The highest BCUT2D eigenvalue weighted by Crippen LogP contribution is 2.43. The zero-order valence-electron chi connectivity index (χ0n) is 16.4. The Morgan fingerprint density at radius 3 is 2.68 bits per heavy atom. The quantitative estimate of drug-likeness (QED) is 0.344. The Balaban J connectivity index is 1.66. The summed E-state index contributed by atoms with van der Waals surface area (Å²) in [5.41, 5.74) is 7.98. The molecule has 0 radical (unpaired) electrons. The predicted octanol–water partition coefficient (Wildman–Crippen LogP) is 4.75. The standard InChI is InChI=1S/C24H18N2O4S/c1-2-11-28-16-7-5-15(6-8-16)22-18-10-9-17(29-24(27)21-4-3-12-31-21)13-20(18)30-23(26)19(22)14-25/h2-10,12-13,22H,1,11,26H2. The van der Waals surface area contributed by atoms with Crippen LogP contribution in [0.3, 0.4) is 0 Å². The Hall–Kier alpha value is -4.02. The summed E-state index contributed by atoms with van der Waals surface area (Å²) in [6, 6.07) is 18.1. The normalized spacial score (nSPS) is 14.7. The molecule has 1 atom stereocenters. The van der Waals surface area contributed by atoms with Gasteiger partial charge in [-0.2, -0.15) is 5.26 Å². The van der Waals surface area contributed by atoms with Gasteiger partial charge < -0.3 is 19.9 Å². The molecule has 31 heavy (non-hydrogen) atoms. The van der Waals surface area contributed by atoms with E-state index in [2.05, 4.69) is 12.6 Å². The minimum atomic E-state index is -0.446. The lowest BCUT2D eigenvalue weighted by Gasteiger charge is -2.26. The van der Waals surface area contributed by atoms with Gasteiger partial charge in [-0.1, -0.05) is 36.9 Å². The second-order valence-electron chi connectivity index (χ2n) is 6.66. The van der Waals surface area contributed by atoms with Crippen LogP contribution >= 0.6 is 11.3 Å². The summed E-state index contributed by atoms with van der Waals surface area (Å²) in [7, 11) is 0. The number of ether oxygens (including phenoxy) is 3. The largest absolute Gasteiger partial charge is 0.490 e. The fourth-order valence-electron chi connectivity index (χ4n) is 3.31. The maximum Gasteiger partial charge on any atom is 0.353 e. The van der Waals surface area contributed by atoms with Gasteiger partial charge in [-0.15, -0.1) is 11.3 Å². The lowest BCUT2D eigenvalue weighted by molar-refractivity contribution is 0.0739. The first-order chi connectivity index (χ1) is 15.1. The summed E-state index contributed by atoms with van der Waals surface area (Å²) >= 11 is 1.30. The molecule has 0 bridgehead atoms. The molecule has 1 aliphatic rings. The molecule has 6 nitrogen and oxygen atoms in total. The number of nitrogens with zero attached hydrogens (tertiary/aromatic N) is 1. The van der Waals surface area contributed by atoms with Crippen LogP contribution in [0.2, 0.25) is 0 Å². The van der Waals surface area contributed by atoms with Crippen molar-refractivity contribution in [2.24, 2.45) is 5.73 Å². The zero-order valence-corrected chi connectivity index (χ0v) is 17.2. The van der Waals surface area contributed by atoms with E-state index >= 15 is 0 Å². The average Bonchev–Trinajstić information content (AvgIpc) is 3.32. The lowest BCUT2D eigenvalue weighted by atomic mass is 9.83. The number of hydrogen-bond acceptors (Lipinski definition) is 7. The van der Waals surface area contributed by atoms with Crippen LogP contribution in [0.4, 0.5) is 0 Å². The van der Waals surface area contributed by atoms with E-state index in [9.17, 15) is 10.1 Å². The Kier molecular flexibility index (Phi) is 5.74. The van der Waals surface area contributed by atoms with E-state index in [1.807, 2.05) is 24.3 Å². The summed E-state index contributed by atoms with van der Waals surface area (Å²) in [6.07, 6.45) is 1.67. The highest BCUT2D eigenvalue weighted by atomic mass is 32.1. The number of rotatable bonds is 6. The van der Waals surface area contributed by atoms with Gasteiger partial charge in [0.05, 0.1) is 5.92 Å². The van der Waals surface area contributed by atoms with Crippen LogP contribution in [0, 0.1) is 11.3 Å². The van der Waals surface area contributed by atoms with Crippen molar-refractivity contribution in [2.75, 3.05) is 6.61 Å². The van der Waals surface area contributed by atoms with Crippen LogP contribution in [-0.4, -0.2) is 12.6 Å². The Bertz CT molecular complexity index is 1190. The first-order valence-electron chi connectivity index (χ1n) is 9.41. The summed E-state index contributed by atoms with van der Waals surface area (Å²) in [6.45, 7) is 4.04. The molecule has 1 unspecified atom stereocenters. The van der Waals surface area contributed by atoms with E-state index < -0.39 is 11.9 Å². The minimum absolute atomic E-state index is 0.0220. The van der Waals surface area contributed by atoms with Crippen LogP contribution in [0.5, 0.6) is 17.2 Å². The van der Waals surface area contributed by atoms with E-state index in [0.29, 0.717) is 34.3 Å². The second-order valence-corrected chi connectivity index (χ2v) is 7.61. The summed E-state index contributed by atoms with van der Waals surface area (Å²) in [5, 5.41) is 11.5. The van der Waals surface area contributed by atoms with E-state index in [4.69, 9.17) is 19.9 Å². The molecule has 3 aromatic rings. The van der Waals surface area contributed by atoms with Crippen molar-refractivity contribution in [3.05, 3.63) is 100 Å². The number of carbonyl (C=O) groups excluding carboxylic acids is 1. The van der Waals surface area contributed by atoms with E-state index in [1.165, 1.54) is 11.3 Å². The molecule has 7 heteroatoms. The van der Waals surface area contributed by atoms with Crippen molar-refractivity contribution >= 4 is 17.3 Å². The van der Waals surface area contributed by atoms with Crippen molar-refractivity contribution in [2.45, 2.75) is 5.92 Å². The first kappa shape index (κ1) is 20.3. The topological polar surface area (TPSA) is 94.6 Å². The van der Waals surface area contributed by atoms with Crippen LogP contribution < -0.4 is 19.9 Å². The summed E-state index contributed by atoms with van der Waals surface area (Å²) < 4.78 is 16.7. The molecule has 1 aliphatic heterocycles. The molecule has 0 amide bonds. The van der Waals surface area contributed by atoms with Gasteiger partial charge in [0, 0.05) is 11.6 Å². The fraction of sp³-hybridized carbons (Fsp3) is 0.0833. The van der Waals surface area contributed by atoms with Gasteiger partial charge in [0.2, 0.25) is 5.88 Å².